The number of carbonyl (C=O) groups excluding carboxylic acids is 1. The van der Waals surface area contributed by atoms with Gasteiger partial charge in [-0.25, -0.2) is 0 Å². The Balaban J connectivity index is 1.53. The van der Waals surface area contributed by atoms with Gasteiger partial charge in [-0.15, -0.1) is 0 Å². The number of H-pyrrole nitrogens is 1. The Labute approximate surface area is 144 Å². The van der Waals surface area contributed by atoms with Gasteiger partial charge in [0.1, 0.15) is 5.69 Å². The highest BCUT2D eigenvalue weighted by atomic mass is 16.1. The number of carbonyl (C=O) groups is 1. The quantitative estimate of drug-likeness (QED) is 0.592. The van der Waals surface area contributed by atoms with E-state index in [0.29, 0.717) is 5.69 Å². The van der Waals surface area contributed by atoms with E-state index in [1.54, 1.807) is 6.07 Å². The van der Waals surface area contributed by atoms with Crippen LogP contribution in [0.2, 0.25) is 0 Å². The summed E-state index contributed by atoms with van der Waals surface area (Å²) >= 11 is 0. The molecule has 0 atom stereocenters. The van der Waals surface area contributed by atoms with Crippen LogP contribution >= 0.6 is 0 Å². The molecule has 5 heteroatoms. The largest absolute Gasteiger partial charge is 0.324 e. The Morgan fingerprint density at radius 3 is 2.52 bits per heavy atom. The monoisotopic (exact) mass is 328 g/mol. The molecular weight excluding hydrogens is 312 g/mol. The Morgan fingerprint density at radius 1 is 0.920 bits per heavy atom. The highest BCUT2D eigenvalue weighted by Crippen LogP contribution is 2.19. The molecule has 1 amide bonds. The van der Waals surface area contributed by atoms with Crippen molar-refractivity contribution >= 4 is 11.6 Å². The van der Waals surface area contributed by atoms with Gasteiger partial charge >= 0.3 is 0 Å². The first-order chi connectivity index (χ1) is 12.3. The molecule has 2 heterocycles. The van der Waals surface area contributed by atoms with Crippen LogP contribution in [0.3, 0.4) is 0 Å². The van der Waals surface area contributed by atoms with Crippen LogP contribution in [0.1, 0.15) is 10.5 Å². The fraction of sp³-hybridized carbons (Fsp3) is 0. The van der Waals surface area contributed by atoms with E-state index in [2.05, 4.69) is 15.5 Å². The van der Waals surface area contributed by atoms with Crippen LogP contribution in [0, 0.1) is 0 Å². The van der Waals surface area contributed by atoms with E-state index in [1.807, 2.05) is 83.7 Å². The predicted octanol–water partition coefficient (Wildman–Crippen LogP) is 4.12. The lowest BCUT2D eigenvalue weighted by molar-refractivity contribution is 0.102. The number of anilines is 1. The zero-order valence-corrected chi connectivity index (χ0v) is 13.4. The van der Waals surface area contributed by atoms with Crippen molar-refractivity contribution in [3.63, 3.8) is 0 Å². The van der Waals surface area contributed by atoms with Crippen LogP contribution in [0.25, 0.3) is 16.9 Å². The normalized spacial score (nSPS) is 10.6. The molecular formula is C20H16N4O. The summed E-state index contributed by atoms with van der Waals surface area (Å²) in [7, 11) is 0. The molecule has 0 aliphatic carbocycles. The summed E-state index contributed by atoms with van der Waals surface area (Å²) in [5.41, 5.74) is 3.84. The molecule has 4 aromatic rings. The second-order valence-corrected chi connectivity index (χ2v) is 5.63. The molecule has 0 unspecified atom stereocenters. The molecule has 122 valence electrons. The Hall–Kier alpha value is -3.60. The summed E-state index contributed by atoms with van der Waals surface area (Å²) in [5, 5.41) is 9.92. The van der Waals surface area contributed by atoms with E-state index in [1.165, 1.54) is 0 Å². The van der Waals surface area contributed by atoms with Crippen molar-refractivity contribution in [3.8, 4) is 16.9 Å². The molecule has 4 rings (SSSR count). The van der Waals surface area contributed by atoms with Gasteiger partial charge in [0.25, 0.3) is 5.91 Å². The molecule has 0 aliphatic rings. The summed E-state index contributed by atoms with van der Waals surface area (Å²) in [6, 6.07) is 23.1. The first-order valence-corrected chi connectivity index (χ1v) is 7.95. The van der Waals surface area contributed by atoms with Crippen molar-refractivity contribution < 1.29 is 4.79 Å². The lowest BCUT2D eigenvalue weighted by atomic mass is 10.1. The smallest absolute Gasteiger partial charge is 0.273 e. The van der Waals surface area contributed by atoms with Gasteiger partial charge in [-0.1, -0.05) is 36.4 Å². The van der Waals surface area contributed by atoms with E-state index < -0.39 is 0 Å². The lowest BCUT2D eigenvalue weighted by Gasteiger charge is -2.07. The third-order valence-electron chi connectivity index (χ3n) is 3.90. The number of aromatic nitrogens is 3. The Bertz CT molecular complexity index is 987. The molecule has 0 saturated heterocycles. The summed E-state index contributed by atoms with van der Waals surface area (Å²) < 4.78 is 1.99. The van der Waals surface area contributed by atoms with Gasteiger partial charge in [-0.2, -0.15) is 5.10 Å². The molecule has 2 aromatic heterocycles. The van der Waals surface area contributed by atoms with Crippen molar-refractivity contribution in [2.45, 2.75) is 0 Å². The number of nitrogens with one attached hydrogen (secondary N) is 2. The Morgan fingerprint density at radius 2 is 1.72 bits per heavy atom. The molecule has 0 spiro atoms. The maximum Gasteiger partial charge on any atom is 0.273 e. The SMILES string of the molecule is O=C(Nc1cccc(-n2cccc2)c1)c1cc(-c2ccccc2)n[nH]1. The van der Waals surface area contributed by atoms with E-state index in [0.717, 1.165) is 22.6 Å². The third-order valence-corrected chi connectivity index (χ3v) is 3.90. The van der Waals surface area contributed by atoms with Gasteiger partial charge in [0.05, 0.1) is 5.69 Å². The predicted molar refractivity (Wildman–Crippen MR) is 97.7 cm³/mol. The van der Waals surface area contributed by atoms with Crippen molar-refractivity contribution in [1.82, 2.24) is 14.8 Å². The maximum atomic E-state index is 12.5. The molecule has 0 aliphatic heterocycles. The van der Waals surface area contributed by atoms with Gasteiger partial charge in [0, 0.05) is 29.3 Å². The number of hydrogen-bond donors (Lipinski definition) is 2. The number of nitrogens with zero attached hydrogens (tertiary/aromatic N) is 2. The van der Waals surface area contributed by atoms with E-state index >= 15 is 0 Å². The van der Waals surface area contributed by atoms with Crippen LogP contribution < -0.4 is 5.32 Å². The lowest BCUT2D eigenvalue weighted by Crippen LogP contribution is -2.12. The fourth-order valence-corrected chi connectivity index (χ4v) is 2.64. The number of hydrogen-bond acceptors (Lipinski definition) is 2. The Kier molecular flexibility index (Phi) is 3.88. The average Bonchev–Trinajstić information content (AvgIpc) is 3.35. The van der Waals surface area contributed by atoms with Crippen LogP contribution in [0.4, 0.5) is 5.69 Å². The van der Waals surface area contributed by atoms with Gasteiger partial charge in [-0.3, -0.25) is 9.89 Å². The number of rotatable bonds is 4. The maximum absolute atomic E-state index is 12.5. The van der Waals surface area contributed by atoms with Crippen molar-refractivity contribution in [2.75, 3.05) is 5.32 Å². The van der Waals surface area contributed by atoms with Gasteiger partial charge < -0.3 is 9.88 Å². The number of benzene rings is 2. The second-order valence-electron chi connectivity index (χ2n) is 5.63. The van der Waals surface area contributed by atoms with Gasteiger partial charge in [0.15, 0.2) is 0 Å². The standard InChI is InChI=1S/C20H16N4O/c25-20(19-14-18(22-23-19)15-7-2-1-3-8-15)21-16-9-6-10-17(13-16)24-11-4-5-12-24/h1-14H,(H,21,25)(H,22,23). The molecule has 0 radical (unpaired) electrons. The van der Waals surface area contributed by atoms with Gasteiger partial charge in [-0.05, 0) is 36.4 Å². The van der Waals surface area contributed by atoms with Crippen LogP contribution in [-0.2, 0) is 0 Å². The number of aromatic amines is 1. The zero-order valence-electron chi connectivity index (χ0n) is 13.4. The molecule has 0 bridgehead atoms. The minimum atomic E-state index is -0.223. The molecule has 25 heavy (non-hydrogen) atoms. The second kappa shape index (κ2) is 6.49. The van der Waals surface area contributed by atoms with Crippen LogP contribution in [0.5, 0.6) is 0 Å². The highest BCUT2D eigenvalue weighted by Gasteiger charge is 2.11. The first-order valence-electron chi connectivity index (χ1n) is 7.95. The number of amides is 1. The summed E-state index contributed by atoms with van der Waals surface area (Å²) in [4.78, 5) is 12.5. The van der Waals surface area contributed by atoms with Gasteiger partial charge in [0.2, 0.25) is 0 Å². The molecule has 5 nitrogen and oxygen atoms in total. The minimum Gasteiger partial charge on any atom is -0.324 e. The molecule has 2 N–H and O–H groups in total. The van der Waals surface area contributed by atoms with E-state index in [-0.39, 0.29) is 5.91 Å². The molecule has 0 saturated carbocycles. The summed E-state index contributed by atoms with van der Waals surface area (Å²) in [6.45, 7) is 0. The molecule has 0 fully saturated rings. The highest BCUT2D eigenvalue weighted by molar-refractivity contribution is 6.03. The van der Waals surface area contributed by atoms with Crippen molar-refractivity contribution in [2.24, 2.45) is 0 Å². The summed E-state index contributed by atoms with van der Waals surface area (Å²) in [5.74, 6) is -0.223. The van der Waals surface area contributed by atoms with Crippen molar-refractivity contribution in [1.29, 1.82) is 0 Å². The zero-order chi connectivity index (χ0) is 17.1. The third kappa shape index (κ3) is 3.21. The van der Waals surface area contributed by atoms with E-state index in [9.17, 15) is 4.79 Å². The van der Waals surface area contributed by atoms with Crippen molar-refractivity contribution in [3.05, 3.63) is 90.9 Å². The topological polar surface area (TPSA) is 62.7 Å². The average molecular weight is 328 g/mol. The summed E-state index contributed by atoms with van der Waals surface area (Å²) in [6.07, 6.45) is 3.92. The van der Waals surface area contributed by atoms with Crippen LogP contribution in [-0.4, -0.2) is 20.7 Å². The molecule has 2 aromatic carbocycles. The van der Waals surface area contributed by atoms with E-state index in [4.69, 9.17) is 0 Å². The first kappa shape index (κ1) is 15.0. The van der Waals surface area contributed by atoms with Crippen LogP contribution in [0.15, 0.2) is 85.2 Å². The minimum absolute atomic E-state index is 0.223. The fourth-order valence-electron chi connectivity index (χ4n) is 2.64.